The molecule has 0 aliphatic carbocycles. The van der Waals surface area contributed by atoms with Crippen LogP contribution in [-0.2, 0) is 5.54 Å². The van der Waals surface area contributed by atoms with Gasteiger partial charge in [0.05, 0.1) is 5.54 Å². The maximum absolute atomic E-state index is 13.5. The van der Waals surface area contributed by atoms with Crippen molar-refractivity contribution in [1.29, 1.82) is 0 Å². The van der Waals surface area contributed by atoms with Gasteiger partial charge in [-0.3, -0.25) is 0 Å². The van der Waals surface area contributed by atoms with E-state index in [2.05, 4.69) is 10.1 Å². The van der Waals surface area contributed by atoms with Crippen molar-refractivity contribution in [2.45, 2.75) is 32.7 Å². The molecule has 2 N–H and O–H groups in total. The van der Waals surface area contributed by atoms with E-state index in [0.717, 1.165) is 0 Å². The van der Waals surface area contributed by atoms with Crippen LogP contribution in [-0.4, -0.2) is 10.1 Å². The lowest BCUT2D eigenvalue weighted by Gasteiger charge is -2.16. The molecular formula is C13H16FN3O. The summed E-state index contributed by atoms with van der Waals surface area (Å²) in [6.07, 6.45) is 0.677. The van der Waals surface area contributed by atoms with Gasteiger partial charge in [-0.05, 0) is 31.9 Å². The predicted molar refractivity (Wildman–Crippen MR) is 66.3 cm³/mol. The molecule has 1 heterocycles. The molecule has 2 aromatic rings. The highest BCUT2D eigenvalue weighted by Crippen LogP contribution is 2.24. The standard InChI is InChI=1S/C13H16FN3O/c1-4-13(3,15)12-16-11(17-18-12)9-6-5-8(2)10(14)7-9/h5-7H,4,15H2,1-3H3. The van der Waals surface area contributed by atoms with Crippen LogP contribution < -0.4 is 5.73 Å². The molecule has 0 aliphatic rings. The van der Waals surface area contributed by atoms with E-state index in [-0.39, 0.29) is 5.82 Å². The van der Waals surface area contributed by atoms with Crippen LogP contribution in [0.1, 0.15) is 31.7 Å². The van der Waals surface area contributed by atoms with Gasteiger partial charge in [-0.25, -0.2) is 4.39 Å². The number of rotatable bonds is 3. The first kappa shape index (κ1) is 12.7. The summed E-state index contributed by atoms with van der Waals surface area (Å²) in [6.45, 7) is 5.46. The highest BCUT2D eigenvalue weighted by Gasteiger charge is 2.26. The minimum Gasteiger partial charge on any atom is -0.337 e. The number of benzene rings is 1. The number of nitrogens with zero attached hydrogens (tertiary/aromatic N) is 2. The molecule has 1 unspecified atom stereocenters. The Morgan fingerprint density at radius 2 is 2.17 bits per heavy atom. The van der Waals surface area contributed by atoms with E-state index in [4.69, 9.17) is 10.3 Å². The van der Waals surface area contributed by atoms with Crippen molar-refractivity contribution < 1.29 is 8.91 Å². The lowest BCUT2D eigenvalue weighted by Crippen LogP contribution is -2.32. The highest BCUT2D eigenvalue weighted by atomic mass is 19.1. The molecule has 1 atom stereocenters. The molecule has 2 rings (SSSR count). The Kier molecular flexibility index (Phi) is 3.17. The lowest BCUT2D eigenvalue weighted by atomic mass is 10.0. The van der Waals surface area contributed by atoms with E-state index in [9.17, 15) is 4.39 Å². The first-order valence-electron chi connectivity index (χ1n) is 5.83. The average Bonchev–Trinajstić information content (AvgIpc) is 2.83. The Hall–Kier alpha value is -1.75. The smallest absolute Gasteiger partial charge is 0.246 e. The van der Waals surface area contributed by atoms with E-state index < -0.39 is 5.54 Å². The molecule has 0 amide bonds. The third-order valence-electron chi connectivity index (χ3n) is 3.08. The van der Waals surface area contributed by atoms with Gasteiger partial charge < -0.3 is 10.3 Å². The number of aryl methyl sites for hydroxylation is 1. The third-order valence-corrected chi connectivity index (χ3v) is 3.08. The van der Waals surface area contributed by atoms with Crippen LogP contribution in [0.15, 0.2) is 22.7 Å². The topological polar surface area (TPSA) is 64.9 Å². The third kappa shape index (κ3) is 2.26. The Balaban J connectivity index is 2.38. The van der Waals surface area contributed by atoms with Crippen LogP contribution in [0, 0.1) is 12.7 Å². The summed E-state index contributed by atoms with van der Waals surface area (Å²) in [5, 5.41) is 3.84. The van der Waals surface area contributed by atoms with Crippen molar-refractivity contribution in [3.8, 4) is 11.4 Å². The number of aromatic nitrogens is 2. The molecule has 4 nitrogen and oxygen atoms in total. The molecule has 1 aromatic heterocycles. The van der Waals surface area contributed by atoms with Crippen molar-refractivity contribution in [1.82, 2.24) is 10.1 Å². The zero-order chi connectivity index (χ0) is 13.3. The molecule has 0 radical (unpaired) electrons. The molecule has 18 heavy (non-hydrogen) atoms. The van der Waals surface area contributed by atoms with Crippen LogP contribution in [0.5, 0.6) is 0 Å². The van der Waals surface area contributed by atoms with Gasteiger partial charge in [-0.15, -0.1) is 0 Å². The summed E-state index contributed by atoms with van der Waals surface area (Å²) in [5.41, 5.74) is 6.52. The molecule has 0 saturated heterocycles. The quantitative estimate of drug-likeness (QED) is 0.908. The SMILES string of the molecule is CCC(C)(N)c1nc(-c2ccc(C)c(F)c2)no1. The van der Waals surface area contributed by atoms with Crippen LogP contribution in [0.3, 0.4) is 0 Å². The van der Waals surface area contributed by atoms with Gasteiger partial charge in [-0.2, -0.15) is 4.98 Å². The van der Waals surface area contributed by atoms with Gasteiger partial charge in [0.25, 0.3) is 0 Å². The monoisotopic (exact) mass is 249 g/mol. The van der Waals surface area contributed by atoms with Gasteiger partial charge in [0.15, 0.2) is 0 Å². The van der Waals surface area contributed by atoms with Gasteiger partial charge in [0, 0.05) is 5.56 Å². The number of hydrogen-bond donors (Lipinski definition) is 1. The summed E-state index contributed by atoms with van der Waals surface area (Å²) in [4.78, 5) is 4.22. The first-order chi connectivity index (χ1) is 8.44. The number of nitrogens with two attached hydrogens (primary N) is 1. The summed E-state index contributed by atoms with van der Waals surface area (Å²) in [6, 6.07) is 4.83. The molecule has 0 fully saturated rings. The van der Waals surface area contributed by atoms with Crippen LogP contribution in [0.2, 0.25) is 0 Å². The summed E-state index contributed by atoms with van der Waals surface area (Å²) < 4.78 is 18.6. The highest BCUT2D eigenvalue weighted by molar-refractivity contribution is 5.55. The van der Waals surface area contributed by atoms with Crippen molar-refractivity contribution in [2.24, 2.45) is 5.73 Å². The molecule has 0 spiro atoms. The summed E-state index contributed by atoms with van der Waals surface area (Å²) in [7, 11) is 0. The predicted octanol–water partition coefficient (Wildman–Crippen LogP) is 2.77. The second kappa shape index (κ2) is 4.49. The fourth-order valence-corrected chi connectivity index (χ4v) is 1.46. The summed E-state index contributed by atoms with van der Waals surface area (Å²) in [5.74, 6) is 0.430. The van der Waals surface area contributed by atoms with Crippen LogP contribution in [0.25, 0.3) is 11.4 Å². The minimum atomic E-state index is -0.658. The second-order valence-corrected chi connectivity index (χ2v) is 4.66. The second-order valence-electron chi connectivity index (χ2n) is 4.66. The Labute approximate surface area is 105 Å². The first-order valence-corrected chi connectivity index (χ1v) is 5.83. The number of hydrogen-bond acceptors (Lipinski definition) is 4. The molecular weight excluding hydrogens is 233 g/mol. The van der Waals surface area contributed by atoms with E-state index in [0.29, 0.717) is 29.3 Å². The minimum absolute atomic E-state index is 0.287. The normalized spacial score (nSPS) is 14.5. The van der Waals surface area contributed by atoms with Crippen molar-refractivity contribution in [2.75, 3.05) is 0 Å². The van der Waals surface area contributed by atoms with Crippen molar-refractivity contribution >= 4 is 0 Å². The number of halogens is 1. The fourth-order valence-electron chi connectivity index (χ4n) is 1.46. The lowest BCUT2D eigenvalue weighted by molar-refractivity contribution is 0.291. The van der Waals surface area contributed by atoms with Crippen molar-refractivity contribution in [3.05, 3.63) is 35.5 Å². The Morgan fingerprint density at radius 3 is 2.78 bits per heavy atom. The maximum atomic E-state index is 13.5. The largest absolute Gasteiger partial charge is 0.337 e. The molecule has 0 aliphatic heterocycles. The Bertz CT molecular complexity index is 563. The van der Waals surface area contributed by atoms with Crippen molar-refractivity contribution in [3.63, 3.8) is 0 Å². The van der Waals surface area contributed by atoms with Gasteiger partial charge in [-0.1, -0.05) is 24.2 Å². The van der Waals surface area contributed by atoms with E-state index in [1.165, 1.54) is 6.07 Å². The summed E-state index contributed by atoms with van der Waals surface area (Å²) >= 11 is 0. The van der Waals surface area contributed by atoms with Gasteiger partial charge >= 0.3 is 0 Å². The zero-order valence-electron chi connectivity index (χ0n) is 10.7. The average molecular weight is 249 g/mol. The molecule has 1 aromatic carbocycles. The molecule has 0 bridgehead atoms. The zero-order valence-corrected chi connectivity index (χ0v) is 10.7. The molecule has 0 saturated carbocycles. The van der Waals surface area contributed by atoms with Gasteiger partial charge in [0.1, 0.15) is 5.82 Å². The van der Waals surface area contributed by atoms with E-state index in [1.54, 1.807) is 19.1 Å². The maximum Gasteiger partial charge on any atom is 0.246 e. The van der Waals surface area contributed by atoms with Crippen LogP contribution >= 0.6 is 0 Å². The van der Waals surface area contributed by atoms with E-state index in [1.807, 2.05) is 13.8 Å². The van der Waals surface area contributed by atoms with Gasteiger partial charge in [0.2, 0.25) is 11.7 Å². The van der Waals surface area contributed by atoms with Crippen LogP contribution in [0.4, 0.5) is 4.39 Å². The fraction of sp³-hybridized carbons (Fsp3) is 0.385. The van der Waals surface area contributed by atoms with E-state index >= 15 is 0 Å². The molecule has 96 valence electrons. The Morgan fingerprint density at radius 1 is 1.44 bits per heavy atom. The molecule has 5 heteroatoms.